The first kappa shape index (κ1) is 16.6. The number of benzene rings is 1. The molecule has 1 N–H and O–H groups in total. The van der Waals surface area contributed by atoms with E-state index in [1.54, 1.807) is 0 Å². The summed E-state index contributed by atoms with van der Waals surface area (Å²) in [5.74, 6) is 0.885. The van der Waals surface area contributed by atoms with Crippen molar-refractivity contribution in [3.8, 4) is 0 Å². The van der Waals surface area contributed by atoms with E-state index in [-0.39, 0.29) is 18.3 Å². The van der Waals surface area contributed by atoms with Crippen molar-refractivity contribution in [2.75, 3.05) is 20.1 Å². The molecule has 1 aliphatic carbocycles. The third-order valence-corrected chi connectivity index (χ3v) is 4.72. The molecule has 2 fully saturated rings. The van der Waals surface area contributed by atoms with Crippen LogP contribution >= 0.6 is 24.0 Å². The summed E-state index contributed by atoms with van der Waals surface area (Å²) in [7, 11) is 1.95. The number of amides is 1. The number of hydrogen-bond acceptors (Lipinski definition) is 2. The van der Waals surface area contributed by atoms with E-state index >= 15 is 0 Å². The minimum atomic E-state index is 0. The van der Waals surface area contributed by atoms with E-state index in [0.717, 1.165) is 37.4 Å². The second-order valence-corrected chi connectivity index (χ2v) is 6.33. The Morgan fingerprint density at radius 1 is 1.48 bits per heavy atom. The zero-order valence-electron chi connectivity index (χ0n) is 12.2. The smallest absolute Gasteiger partial charge is 0.226 e. The Bertz CT molecular complexity index is 509. The number of carbonyl (C=O) groups is 1. The molecule has 0 spiro atoms. The summed E-state index contributed by atoms with van der Waals surface area (Å²) in [6, 6.07) is 8.31. The molecule has 2 aliphatic rings. The molecule has 1 saturated carbocycles. The monoisotopic (exact) mass is 328 g/mol. The lowest BCUT2D eigenvalue weighted by atomic mass is 10.1. The molecule has 0 bridgehead atoms. The lowest BCUT2D eigenvalue weighted by Crippen LogP contribution is -2.41. The van der Waals surface area contributed by atoms with Crippen molar-refractivity contribution in [1.29, 1.82) is 0 Å². The molecule has 0 radical (unpaired) electrons. The average Bonchev–Trinajstić information content (AvgIpc) is 3.11. The van der Waals surface area contributed by atoms with Crippen molar-refractivity contribution in [3.05, 3.63) is 34.9 Å². The van der Waals surface area contributed by atoms with E-state index in [0.29, 0.717) is 17.9 Å². The standard InChI is InChI=1S/C16H21ClN2O.ClH/c1-18-10-13-6-3-7-19(13)16(20)15-9-14(15)11-4-2-5-12(17)8-11;/h2,4-5,8,13-15,18H,3,6-7,9-10H2,1H3;1H. The lowest BCUT2D eigenvalue weighted by Gasteiger charge is -2.24. The Morgan fingerprint density at radius 2 is 2.29 bits per heavy atom. The topological polar surface area (TPSA) is 32.3 Å². The van der Waals surface area contributed by atoms with Crippen LogP contribution in [0.1, 0.15) is 30.7 Å². The van der Waals surface area contributed by atoms with E-state index in [9.17, 15) is 4.79 Å². The molecule has 1 aliphatic heterocycles. The molecule has 3 unspecified atom stereocenters. The van der Waals surface area contributed by atoms with Crippen LogP contribution in [0.25, 0.3) is 0 Å². The first-order valence-corrected chi connectivity index (χ1v) is 7.79. The van der Waals surface area contributed by atoms with Crippen LogP contribution in [-0.2, 0) is 4.79 Å². The number of rotatable bonds is 4. The maximum absolute atomic E-state index is 12.6. The summed E-state index contributed by atoms with van der Waals surface area (Å²) in [6.07, 6.45) is 3.23. The van der Waals surface area contributed by atoms with E-state index < -0.39 is 0 Å². The SMILES string of the molecule is CNCC1CCCN1C(=O)C1CC1c1cccc(Cl)c1.Cl. The largest absolute Gasteiger partial charge is 0.338 e. The Kier molecular flexibility index (Phi) is 5.53. The van der Waals surface area contributed by atoms with Gasteiger partial charge in [-0.1, -0.05) is 23.7 Å². The Morgan fingerprint density at radius 3 is 3.00 bits per heavy atom. The van der Waals surface area contributed by atoms with Crippen LogP contribution < -0.4 is 5.32 Å². The van der Waals surface area contributed by atoms with Crippen LogP contribution in [0.2, 0.25) is 5.02 Å². The first-order chi connectivity index (χ1) is 9.70. The van der Waals surface area contributed by atoms with E-state index in [2.05, 4.69) is 16.3 Å². The molecule has 1 aromatic rings. The number of carbonyl (C=O) groups excluding carboxylic acids is 1. The van der Waals surface area contributed by atoms with Crippen molar-refractivity contribution < 1.29 is 4.79 Å². The fourth-order valence-electron chi connectivity index (χ4n) is 3.36. The van der Waals surface area contributed by atoms with Gasteiger partial charge in [-0.2, -0.15) is 0 Å². The molecule has 1 amide bonds. The molecule has 1 saturated heterocycles. The summed E-state index contributed by atoms with van der Waals surface area (Å²) < 4.78 is 0. The van der Waals surface area contributed by atoms with Crippen molar-refractivity contribution >= 4 is 29.9 Å². The van der Waals surface area contributed by atoms with Crippen molar-refractivity contribution in [2.45, 2.75) is 31.2 Å². The third-order valence-electron chi connectivity index (χ3n) is 4.48. The van der Waals surface area contributed by atoms with Crippen molar-refractivity contribution in [3.63, 3.8) is 0 Å². The van der Waals surface area contributed by atoms with E-state index in [1.165, 1.54) is 5.56 Å². The van der Waals surface area contributed by atoms with Crippen LogP contribution in [-0.4, -0.2) is 37.0 Å². The molecule has 5 heteroatoms. The van der Waals surface area contributed by atoms with Gasteiger partial charge in [-0.3, -0.25) is 4.79 Å². The molecular formula is C16H22Cl2N2O. The molecule has 3 nitrogen and oxygen atoms in total. The van der Waals surface area contributed by atoms with Crippen LogP contribution in [0.15, 0.2) is 24.3 Å². The van der Waals surface area contributed by atoms with Gasteiger partial charge in [0.25, 0.3) is 0 Å². The summed E-state index contributed by atoms with van der Waals surface area (Å²) in [4.78, 5) is 14.7. The minimum Gasteiger partial charge on any atom is -0.338 e. The summed E-state index contributed by atoms with van der Waals surface area (Å²) in [5.41, 5.74) is 1.21. The summed E-state index contributed by atoms with van der Waals surface area (Å²) in [6.45, 7) is 1.82. The molecule has 3 rings (SSSR count). The second kappa shape index (κ2) is 6.99. The maximum atomic E-state index is 12.6. The lowest BCUT2D eigenvalue weighted by molar-refractivity contribution is -0.133. The number of likely N-dealkylation sites (N-methyl/N-ethyl adjacent to an activating group) is 1. The maximum Gasteiger partial charge on any atom is 0.226 e. The van der Waals surface area contributed by atoms with Gasteiger partial charge in [-0.05, 0) is 49.9 Å². The highest BCUT2D eigenvalue weighted by atomic mass is 35.5. The van der Waals surface area contributed by atoms with Gasteiger partial charge in [0.05, 0.1) is 0 Å². The van der Waals surface area contributed by atoms with Gasteiger partial charge < -0.3 is 10.2 Å². The molecule has 3 atom stereocenters. The molecule has 1 heterocycles. The van der Waals surface area contributed by atoms with Gasteiger partial charge in [-0.25, -0.2) is 0 Å². The predicted molar refractivity (Wildman–Crippen MR) is 88.2 cm³/mol. The number of halogens is 2. The minimum absolute atomic E-state index is 0. The van der Waals surface area contributed by atoms with E-state index in [1.807, 2.05) is 25.2 Å². The van der Waals surface area contributed by atoms with Gasteiger partial charge in [0.1, 0.15) is 0 Å². The fourth-order valence-corrected chi connectivity index (χ4v) is 3.56. The molecule has 0 aromatic heterocycles. The van der Waals surface area contributed by atoms with Crippen LogP contribution in [0.5, 0.6) is 0 Å². The van der Waals surface area contributed by atoms with Crippen LogP contribution in [0, 0.1) is 5.92 Å². The predicted octanol–water partition coefficient (Wildman–Crippen LogP) is 3.08. The highest BCUT2D eigenvalue weighted by Gasteiger charge is 2.47. The van der Waals surface area contributed by atoms with Gasteiger partial charge >= 0.3 is 0 Å². The number of hydrogen-bond donors (Lipinski definition) is 1. The normalized spacial score (nSPS) is 27.3. The quantitative estimate of drug-likeness (QED) is 0.921. The molecule has 1 aromatic carbocycles. The average molecular weight is 329 g/mol. The van der Waals surface area contributed by atoms with Crippen molar-refractivity contribution in [2.24, 2.45) is 5.92 Å². The number of nitrogens with one attached hydrogen (secondary N) is 1. The number of nitrogens with zero attached hydrogens (tertiary/aromatic N) is 1. The van der Waals surface area contributed by atoms with Gasteiger partial charge in [0, 0.05) is 30.1 Å². The molecule has 116 valence electrons. The van der Waals surface area contributed by atoms with Gasteiger partial charge in [0.2, 0.25) is 5.91 Å². The zero-order valence-corrected chi connectivity index (χ0v) is 13.8. The highest BCUT2D eigenvalue weighted by Crippen LogP contribution is 2.49. The molecular weight excluding hydrogens is 307 g/mol. The Balaban J connectivity index is 0.00000161. The first-order valence-electron chi connectivity index (χ1n) is 7.41. The van der Waals surface area contributed by atoms with Crippen LogP contribution in [0.4, 0.5) is 0 Å². The second-order valence-electron chi connectivity index (χ2n) is 5.89. The zero-order chi connectivity index (χ0) is 14.1. The summed E-state index contributed by atoms with van der Waals surface area (Å²) >= 11 is 6.03. The summed E-state index contributed by atoms with van der Waals surface area (Å²) in [5, 5.41) is 3.95. The van der Waals surface area contributed by atoms with E-state index in [4.69, 9.17) is 11.6 Å². The third kappa shape index (κ3) is 3.53. The fraction of sp³-hybridized carbons (Fsp3) is 0.562. The van der Waals surface area contributed by atoms with Crippen molar-refractivity contribution in [1.82, 2.24) is 10.2 Å². The number of likely N-dealkylation sites (tertiary alicyclic amines) is 1. The van der Waals surface area contributed by atoms with Gasteiger partial charge in [-0.15, -0.1) is 12.4 Å². The Labute approximate surface area is 137 Å². The van der Waals surface area contributed by atoms with Gasteiger partial charge in [0.15, 0.2) is 0 Å². The van der Waals surface area contributed by atoms with Crippen LogP contribution in [0.3, 0.4) is 0 Å². The molecule has 21 heavy (non-hydrogen) atoms. The highest BCUT2D eigenvalue weighted by molar-refractivity contribution is 6.30. The Hall–Kier alpha value is -0.770.